The highest BCUT2D eigenvalue weighted by Gasteiger charge is 2.45. The fourth-order valence-corrected chi connectivity index (χ4v) is 7.80. The second-order valence-corrected chi connectivity index (χ2v) is 12.7. The maximum absolute atomic E-state index is 16.8. The molecule has 0 aliphatic carbocycles. The quantitative estimate of drug-likeness (QED) is 0.251. The molecule has 2 aromatic carbocycles. The van der Waals surface area contributed by atoms with Gasteiger partial charge in [-0.05, 0) is 92.2 Å². The summed E-state index contributed by atoms with van der Waals surface area (Å²) >= 11 is 0. The largest absolute Gasteiger partial charge is 0.508 e. The molecule has 1 unspecified atom stereocenters. The Morgan fingerprint density at radius 2 is 1.98 bits per heavy atom. The Labute approximate surface area is 266 Å². The minimum atomic E-state index is -0.714. The van der Waals surface area contributed by atoms with E-state index in [0.717, 1.165) is 38.8 Å². The maximum Gasteiger partial charge on any atom is 0.319 e. The molecule has 0 bridgehead atoms. The standard InChI is InChI=1S/C35H38F2N6O3/c1-4-24-27(36)9-8-21-16-23(44)17-25(29(21)24)31-30(37)32-26(18-38-31)33(41(3)22-10-15-42(19-22)28(45)5-2)40-34(39-32)46-20-35-11-6-13-43(35)14-7-12-35/h5,8-9,16-18,22,44H,2,4,6-7,10-15,19-20H2,1,3H3. The van der Waals surface area contributed by atoms with E-state index in [2.05, 4.69) is 21.4 Å². The number of fused-ring (bicyclic) bond motifs is 3. The van der Waals surface area contributed by atoms with Gasteiger partial charge in [0.25, 0.3) is 0 Å². The van der Waals surface area contributed by atoms with Gasteiger partial charge < -0.3 is 19.6 Å². The van der Waals surface area contributed by atoms with Crippen LogP contribution in [0.4, 0.5) is 14.6 Å². The number of amides is 1. The van der Waals surface area contributed by atoms with Crippen molar-refractivity contribution >= 4 is 33.4 Å². The number of halogens is 2. The van der Waals surface area contributed by atoms with Gasteiger partial charge in [0.15, 0.2) is 5.82 Å². The Balaban J connectivity index is 1.36. The zero-order valence-corrected chi connectivity index (χ0v) is 26.2. The molecular weight excluding hydrogens is 590 g/mol. The number of aromatic hydroxyl groups is 1. The predicted octanol–water partition coefficient (Wildman–Crippen LogP) is 5.62. The SMILES string of the molecule is C=CC(=O)N1CCC(N(C)c2nc(OCC34CCCN3CCC4)nc3c(F)c(-c4cc(O)cc5ccc(F)c(CC)c45)ncc23)C1. The molecule has 1 atom stereocenters. The van der Waals surface area contributed by atoms with Crippen molar-refractivity contribution in [3.05, 3.63) is 60.3 Å². The van der Waals surface area contributed by atoms with E-state index in [4.69, 9.17) is 9.72 Å². The van der Waals surface area contributed by atoms with Crippen LogP contribution in [0.25, 0.3) is 32.9 Å². The van der Waals surface area contributed by atoms with Crippen LogP contribution in [0.15, 0.2) is 43.1 Å². The Kier molecular flexibility index (Phi) is 7.75. The van der Waals surface area contributed by atoms with Crippen molar-refractivity contribution in [2.45, 2.75) is 57.0 Å². The van der Waals surface area contributed by atoms with Gasteiger partial charge in [-0.1, -0.05) is 19.6 Å². The summed E-state index contributed by atoms with van der Waals surface area (Å²) in [5.74, 6) is -0.889. The highest BCUT2D eigenvalue weighted by atomic mass is 19.1. The first kappa shape index (κ1) is 30.3. The van der Waals surface area contributed by atoms with Gasteiger partial charge in [-0.25, -0.2) is 8.78 Å². The molecule has 3 fully saturated rings. The summed E-state index contributed by atoms with van der Waals surface area (Å²) in [6, 6.07) is 5.87. The Morgan fingerprint density at radius 3 is 2.72 bits per heavy atom. The van der Waals surface area contributed by atoms with E-state index >= 15 is 4.39 Å². The van der Waals surface area contributed by atoms with Crippen LogP contribution in [0.1, 0.15) is 44.6 Å². The van der Waals surface area contributed by atoms with E-state index in [-0.39, 0.29) is 46.0 Å². The fraction of sp³-hybridized carbons (Fsp3) is 0.429. The second-order valence-electron chi connectivity index (χ2n) is 12.7. The number of likely N-dealkylation sites (tertiary alicyclic amines) is 1. The molecule has 1 N–H and O–H groups in total. The van der Waals surface area contributed by atoms with Crippen LogP contribution < -0.4 is 9.64 Å². The monoisotopic (exact) mass is 628 g/mol. The summed E-state index contributed by atoms with van der Waals surface area (Å²) in [6.07, 6.45) is 8.20. The first-order valence-corrected chi connectivity index (χ1v) is 16.1. The van der Waals surface area contributed by atoms with Crippen LogP contribution in [0.3, 0.4) is 0 Å². The van der Waals surface area contributed by atoms with Crippen molar-refractivity contribution in [1.82, 2.24) is 24.8 Å². The normalized spacial score (nSPS) is 19.2. The number of phenolic OH excluding ortho intramolecular Hbond substituents is 1. The Bertz CT molecular complexity index is 1860. The van der Waals surface area contributed by atoms with E-state index in [1.54, 1.807) is 11.0 Å². The fourth-order valence-electron chi connectivity index (χ4n) is 7.80. The number of ether oxygens (including phenoxy) is 1. The zero-order valence-electron chi connectivity index (χ0n) is 26.2. The molecule has 240 valence electrons. The van der Waals surface area contributed by atoms with Gasteiger partial charge in [-0.2, -0.15) is 9.97 Å². The molecule has 4 aromatic rings. The van der Waals surface area contributed by atoms with Crippen LogP contribution in [0.5, 0.6) is 11.8 Å². The second kappa shape index (κ2) is 11.8. The van der Waals surface area contributed by atoms with Crippen LogP contribution in [0, 0.1) is 11.6 Å². The van der Waals surface area contributed by atoms with Crippen molar-refractivity contribution in [2.24, 2.45) is 0 Å². The maximum atomic E-state index is 16.8. The van der Waals surface area contributed by atoms with Crippen molar-refractivity contribution in [3.8, 4) is 23.0 Å². The number of carbonyl (C=O) groups excluding carboxylic acids is 1. The number of aromatic nitrogens is 3. The van der Waals surface area contributed by atoms with E-state index in [0.29, 0.717) is 60.1 Å². The number of rotatable bonds is 8. The summed E-state index contributed by atoms with van der Waals surface area (Å²) in [7, 11) is 1.87. The average molecular weight is 629 g/mol. The first-order chi connectivity index (χ1) is 22.2. The number of anilines is 1. The lowest BCUT2D eigenvalue weighted by Crippen LogP contribution is -2.43. The molecule has 3 aliphatic heterocycles. The molecule has 46 heavy (non-hydrogen) atoms. The topological polar surface area (TPSA) is 94.9 Å². The number of hydrogen-bond acceptors (Lipinski definition) is 8. The third-order valence-electron chi connectivity index (χ3n) is 10.2. The lowest BCUT2D eigenvalue weighted by Gasteiger charge is -2.31. The molecule has 1 amide bonds. The smallest absolute Gasteiger partial charge is 0.319 e. The lowest BCUT2D eigenvalue weighted by molar-refractivity contribution is -0.125. The molecular formula is C35H38F2N6O3. The molecule has 5 heterocycles. The summed E-state index contributed by atoms with van der Waals surface area (Å²) in [5.41, 5.74) is 0.601. The van der Waals surface area contributed by atoms with E-state index in [9.17, 15) is 14.3 Å². The van der Waals surface area contributed by atoms with Crippen molar-refractivity contribution in [3.63, 3.8) is 0 Å². The average Bonchev–Trinajstić information content (AvgIpc) is 3.80. The van der Waals surface area contributed by atoms with Gasteiger partial charge in [0.05, 0.1) is 10.9 Å². The van der Waals surface area contributed by atoms with Gasteiger partial charge in [0, 0.05) is 37.9 Å². The minimum absolute atomic E-state index is 0.0204. The number of hydrogen-bond donors (Lipinski definition) is 1. The van der Waals surface area contributed by atoms with Crippen molar-refractivity contribution in [2.75, 3.05) is 44.7 Å². The molecule has 11 heteroatoms. The van der Waals surface area contributed by atoms with Gasteiger partial charge in [-0.15, -0.1) is 0 Å². The van der Waals surface area contributed by atoms with Crippen molar-refractivity contribution in [1.29, 1.82) is 0 Å². The number of carbonyl (C=O) groups is 1. The summed E-state index contributed by atoms with van der Waals surface area (Å²) in [6.45, 7) is 8.97. The highest BCUT2D eigenvalue weighted by Crippen LogP contribution is 2.41. The molecule has 3 aliphatic rings. The third kappa shape index (κ3) is 5.01. The van der Waals surface area contributed by atoms with Gasteiger partial charge in [0.1, 0.15) is 35.2 Å². The number of benzene rings is 2. The number of likely N-dealkylation sites (N-methyl/N-ethyl adjacent to an activating group) is 1. The molecule has 3 saturated heterocycles. The number of pyridine rings is 1. The minimum Gasteiger partial charge on any atom is -0.508 e. The number of aryl methyl sites for hydroxylation is 1. The molecule has 2 aromatic heterocycles. The number of phenols is 1. The van der Waals surface area contributed by atoms with Crippen LogP contribution in [-0.2, 0) is 11.2 Å². The highest BCUT2D eigenvalue weighted by molar-refractivity contribution is 6.01. The molecule has 0 radical (unpaired) electrons. The van der Waals surface area contributed by atoms with Crippen molar-refractivity contribution < 1.29 is 23.4 Å². The van der Waals surface area contributed by atoms with Gasteiger partial charge in [0.2, 0.25) is 5.91 Å². The zero-order chi connectivity index (χ0) is 32.2. The summed E-state index contributed by atoms with van der Waals surface area (Å²) in [4.78, 5) is 32.4. The first-order valence-electron chi connectivity index (χ1n) is 16.1. The lowest BCUT2D eigenvalue weighted by atomic mass is 9.94. The van der Waals surface area contributed by atoms with E-state index < -0.39 is 11.6 Å². The predicted molar refractivity (Wildman–Crippen MR) is 173 cm³/mol. The van der Waals surface area contributed by atoms with Gasteiger partial charge >= 0.3 is 6.01 Å². The molecule has 9 nitrogen and oxygen atoms in total. The number of nitrogens with zero attached hydrogens (tertiary/aromatic N) is 6. The van der Waals surface area contributed by atoms with Gasteiger partial charge in [-0.3, -0.25) is 14.7 Å². The van der Waals surface area contributed by atoms with Crippen LogP contribution >= 0.6 is 0 Å². The van der Waals surface area contributed by atoms with Crippen LogP contribution in [0.2, 0.25) is 0 Å². The summed E-state index contributed by atoms with van der Waals surface area (Å²) < 4.78 is 38.1. The van der Waals surface area contributed by atoms with Crippen LogP contribution in [-0.4, -0.2) is 87.2 Å². The summed E-state index contributed by atoms with van der Waals surface area (Å²) in [5, 5.41) is 12.0. The Morgan fingerprint density at radius 1 is 1.20 bits per heavy atom. The molecule has 0 spiro atoms. The van der Waals surface area contributed by atoms with E-state index in [1.807, 2.05) is 18.9 Å². The molecule has 7 rings (SSSR count). The third-order valence-corrected chi connectivity index (χ3v) is 10.2. The Hall–Kier alpha value is -4.38. The molecule has 0 saturated carbocycles. The van der Waals surface area contributed by atoms with E-state index in [1.165, 1.54) is 30.5 Å².